The van der Waals surface area contributed by atoms with E-state index in [4.69, 9.17) is 0 Å². The van der Waals surface area contributed by atoms with Gasteiger partial charge in [0, 0.05) is 5.69 Å². The lowest BCUT2D eigenvalue weighted by molar-refractivity contribution is -0.115. The second-order valence-electron chi connectivity index (χ2n) is 4.71. The summed E-state index contributed by atoms with van der Waals surface area (Å²) in [5, 5.41) is 13.2. The fraction of sp³-hybridized carbons (Fsp3) is 0.0625. The lowest BCUT2D eigenvalue weighted by Gasteiger charge is -2.15. The van der Waals surface area contributed by atoms with Crippen molar-refractivity contribution in [2.45, 2.75) is 10.3 Å². The molecule has 0 saturated heterocycles. The Hall–Kier alpha value is -2.67. The minimum Gasteiger partial charge on any atom is -0.325 e. The maximum Gasteiger partial charge on any atom is 0.242 e. The van der Waals surface area contributed by atoms with Gasteiger partial charge >= 0.3 is 0 Å². The van der Waals surface area contributed by atoms with Gasteiger partial charge in [-0.2, -0.15) is 10.3 Å². The summed E-state index contributed by atoms with van der Waals surface area (Å²) in [4.78, 5) is 12.6. The van der Waals surface area contributed by atoms with Crippen LogP contribution in [0.5, 0.6) is 0 Å². The van der Waals surface area contributed by atoms with E-state index in [2.05, 4.69) is 20.7 Å². The number of thioether (sulfide) groups is 1. The van der Waals surface area contributed by atoms with Gasteiger partial charge in [-0.25, -0.2) is 4.39 Å². The Balaban J connectivity index is 1.82. The van der Waals surface area contributed by atoms with Gasteiger partial charge in [-0.1, -0.05) is 42.1 Å². The zero-order valence-electron chi connectivity index (χ0n) is 11.9. The van der Waals surface area contributed by atoms with Gasteiger partial charge in [0.05, 0.1) is 6.20 Å². The van der Waals surface area contributed by atoms with Gasteiger partial charge in [0.25, 0.3) is 0 Å². The van der Waals surface area contributed by atoms with Crippen LogP contribution in [0.3, 0.4) is 0 Å². The third-order valence-electron chi connectivity index (χ3n) is 3.08. The number of hydrogen-bond acceptors (Lipinski definition) is 4. The van der Waals surface area contributed by atoms with Crippen molar-refractivity contribution in [1.82, 2.24) is 15.4 Å². The molecule has 3 aromatic rings. The first kappa shape index (κ1) is 15.2. The summed E-state index contributed by atoms with van der Waals surface area (Å²) in [5.41, 5.74) is 1.39. The Labute approximate surface area is 136 Å². The lowest BCUT2D eigenvalue weighted by atomic mass is 10.1. The third kappa shape index (κ3) is 3.95. The topological polar surface area (TPSA) is 70.7 Å². The van der Waals surface area contributed by atoms with Crippen LogP contribution in [0.25, 0.3) is 0 Å². The number of benzene rings is 2. The van der Waals surface area contributed by atoms with Crippen molar-refractivity contribution in [2.75, 3.05) is 5.32 Å². The van der Waals surface area contributed by atoms with Crippen molar-refractivity contribution in [1.29, 1.82) is 0 Å². The summed E-state index contributed by atoms with van der Waals surface area (Å²) in [6.45, 7) is 0. The third-order valence-corrected chi connectivity index (χ3v) is 4.24. The van der Waals surface area contributed by atoms with Crippen LogP contribution in [-0.2, 0) is 4.79 Å². The number of carbonyl (C=O) groups excluding carboxylic acids is 1. The normalized spacial score (nSPS) is 11.9. The van der Waals surface area contributed by atoms with Gasteiger partial charge < -0.3 is 5.32 Å². The molecule has 1 unspecified atom stereocenters. The molecule has 1 heterocycles. The van der Waals surface area contributed by atoms with E-state index in [0.29, 0.717) is 10.7 Å². The first-order valence-electron chi connectivity index (χ1n) is 6.86. The maximum absolute atomic E-state index is 13.0. The number of aromatic amines is 1. The van der Waals surface area contributed by atoms with Crippen LogP contribution in [0, 0.1) is 5.82 Å². The molecule has 0 radical (unpaired) electrons. The summed E-state index contributed by atoms with van der Waals surface area (Å²) in [7, 11) is 0. The first-order valence-corrected chi connectivity index (χ1v) is 7.74. The molecule has 23 heavy (non-hydrogen) atoms. The number of carbonyl (C=O) groups is 1. The number of aromatic nitrogens is 3. The molecule has 2 aromatic carbocycles. The number of hydrogen-bond donors (Lipinski definition) is 2. The van der Waals surface area contributed by atoms with Crippen molar-refractivity contribution in [3.63, 3.8) is 0 Å². The molecule has 5 nitrogen and oxygen atoms in total. The van der Waals surface area contributed by atoms with Crippen LogP contribution in [0.4, 0.5) is 10.1 Å². The van der Waals surface area contributed by atoms with Crippen molar-refractivity contribution in [3.8, 4) is 0 Å². The highest BCUT2D eigenvalue weighted by Gasteiger charge is 2.23. The summed E-state index contributed by atoms with van der Waals surface area (Å²) < 4.78 is 13.0. The molecular weight excluding hydrogens is 315 g/mol. The summed E-state index contributed by atoms with van der Waals surface area (Å²) in [6, 6.07) is 15.0. The number of amides is 1. The Kier molecular flexibility index (Phi) is 4.68. The van der Waals surface area contributed by atoms with Gasteiger partial charge in [-0.3, -0.25) is 4.79 Å². The Morgan fingerprint density at radius 3 is 2.52 bits per heavy atom. The second-order valence-corrected chi connectivity index (χ2v) is 5.84. The van der Waals surface area contributed by atoms with Crippen molar-refractivity contribution in [2.24, 2.45) is 0 Å². The molecule has 7 heteroatoms. The standard InChI is InChI=1S/C16H13FN4OS/c17-12-6-8-13(9-7-12)19-16(22)15(11-4-2-1-3-5-11)23-14-10-18-21-20-14/h1-10,15H,(H,19,22)(H,18,20,21). The smallest absolute Gasteiger partial charge is 0.242 e. The van der Waals surface area contributed by atoms with E-state index in [0.717, 1.165) is 5.56 Å². The molecule has 0 spiro atoms. The Bertz CT molecular complexity index is 763. The molecule has 0 bridgehead atoms. The number of H-pyrrole nitrogens is 1. The second kappa shape index (κ2) is 7.06. The highest BCUT2D eigenvalue weighted by atomic mass is 32.2. The zero-order chi connectivity index (χ0) is 16.1. The molecule has 0 saturated carbocycles. The average molecular weight is 328 g/mol. The van der Waals surface area contributed by atoms with E-state index in [-0.39, 0.29) is 11.7 Å². The molecular formula is C16H13FN4OS. The first-order chi connectivity index (χ1) is 11.2. The summed E-state index contributed by atoms with van der Waals surface area (Å²) >= 11 is 1.29. The summed E-state index contributed by atoms with van der Waals surface area (Å²) in [5.74, 6) is -0.560. The zero-order valence-corrected chi connectivity index (χ0v) is 12.8. The van der Waals surface area contributed by atoms with E-state index in [1.807, 2.05) is 30.3 Å². The minimum atomic E-state index is -0.494. The fourth-order valence-electron chi connectivity index (χ4n) is 2.01. The van der Waals surface area contributed by atoms with E-state index < -0.39 is 5.25 Å². The number of nitrogens with one attached hydrogen (secondary N) is 2. The molecule has 3 rings (SSSR count). The SMILES string of the molecule is O=C(Nc1ccc(F)cc1)C(Sc1cn[nH]n1)c1ccccc1. The van der Waals surface area contributed by atoms with Gasteiger partial charge in [-0.15, -0.1) is 5.10 Å². The Morgan fingerprint density at radius 2 is 1.87 bits per heavy atom. The van der Waals surface area contributed by atoms with Gasteiger partial charge in [0.2, 0.25) is 5.91 Å². The average Bonchev–Trinajstić information content (AvgIpc) is 3.09. The number of anilines is 1. The molecule has 116 valence electrons. The highest BCUT2D eigenvalue weighted by molar-refractivity contribution is 8.00. The summed E-state index contributed by atoms with van der Waals surface area (Å²) in [6.07, 6.45) is 1.56. The van der Waals surface area contributed by atoms with E-state index in [9.17, 15) is 9.18 Å². The van der Waals surface area contributed by atoms with E-state index in [1.54, 1.807) is 6.20 Å². The number of nitrogens with zero attached hydrogens (tertiary/aromatic N) is 2. The van der Waals surface area contributed by atoms with Gasteiger partial charge in [0.1, 0.15) is 16.1 Å². The highest BCUT2D eigenvalue weighted by Crippen LogP contribution is 2.34. The van der Waals surface area contributed by atoms with Crippen LogP contribution in [0.2, 0.25) is 0 Å². The van der Waals surface area contributed by atoms with Gasteiger partial charge in [-0.05, 0) is 29.8 Å². The van der Waals surface area contributed by atoms with Crippen LogP contribution in [0.15, 0.2) is 65.8 Å². The number of halogens is 1. The maximum atomic E-state index is 13.0. The molecule has 1 aromatic heterocycles. The lowest BCUT2D eigenvalue weighted by Crippen LogP contribution is -2.19. The van der Waals surface area contributed by atoms with Crippen LogP contribution < -0.4 is 5.32 Å². The predicted octanol–water partition coefficient (Wildman–Crippen LogP) is 3.42. The molecule has 0 aliphatic rings. The van der Waals surface area contributed by atoms with Gasteiger partial charge in [0.15, 0.2) is 0 Å². The molecule has 0 fully saturated rings. The molecule has 0 aliphatic heterocycles. The van der Waals surface area contributed by atoms with Crippen molar-refractivity contribution >= 4 is 23.4 Å². The quantitative estimate of drug-likeness (QED) is 0.704. The van der Waals surface area contributed by atoms with Crippen LogP contribution in [-0.4, -0.2) is 21.3 Å². The van der Waals surface area contributed by atoms with Crippen LogP contribution >= 0.6 is 11.8 Å². The van der Waals surface area contributed by atoms with E-state index in [1.165, 1.54) is 36.0 Å². The van der Waals surface area contributed by atoms with Crippen molar-refractivity contribution < 1.29 is 9.18 Å². The Morgan fingerprint density at radius 1 is 1.13 bits per heavy atom. The minimum absolute atomic E-state index is 0.212. The molecule has 1 amide bonds. The molecule has 2 N–H and O–H groups in total. The largest absolute Gasteiger partial charge is 0.325 e. The van der Waals surface area contributed by atoms with Crippen molar-refractivity contribution in [3.05, 3.63) is 72.2 Å². The predicted molar refractivity (Wildman–Crippen MR) is 86.5 cm³/mol. The molecule has 0 aliphatic carbocycles. The van der Waals surface area contributed by atoms with Crippen LogP contribution in [0.1, 0.15) is 10.8 Å². The monoisotopic (exact) mass is 328 g/mol. The van der Waals surface area contributed by atoms with E-state index >= 15 is 0 Å². The fourth-order valence-corrected chi connectivity index (χ4v) is 2.92. The number of rotatable bonds is 5. The molecule has 1 atom stereocenters.